The number of rotatable bonds is 2. The van der Waals surface area contributed by atoms with Crippen LogP contribution in [0.15, 0.2) is 34.8 Å². The highest BCUT2D eigenvalue weighted by molar-refractivity contribution is 9.10. The lowest BCUT2D eigenvalue weighted by atomic mass is 9.88. The SMILES string of the molecule is COc1cc2ccc(Br)cc2cc1C1(C)CCCN1. The third kappa shape index (κ3) is 2.26. The van der Waals surface area contributed by atoms with Crippen LogP contribution in [0.5, 0.6) is 5.75 Å². The van der Waals surface area contributed by atoms with Crippen LogP contribution in [0.1, 0.15) is 25.3 Å². The van der Waals surface area contributed by atoms with Crippen molar-refractivity contribution in [2.75, 3.05) is 13.7 Å². The van der Waals surface area contributed by atoms with Crippen molar-refractivity contribution in [3.8, 4) is 5.75 Å². The highest BCUT2D eigenvalue weighted by Crippen LogP contribution is 2.39. The monoisotopic (exact) mass is 319 g/mol. The summed E-state index contributed by atoms with van der Waals surface area (Å²) in [5, 5.41) is 6.08. The smallest absolute Gasteiger partial charge is 0.124 e. The molecule has 19 heavy (non-hydrogen) atoms. The van der Waals surface area contributed by atoms with Gasteiger partial charge >= 0.3 is 0 Å². The van der Waals surface area contributed by atoms with E-state index in [1.807, 2.05) is 0 Å². The standard InChI is InChI=1S/C16H18BrNO/c1-16(6-3-7-18-16)14-9-12-8-13(17)5-4-11(12)10-15(14)19-2/h4-5,8-10,18H,3,6-7H2,1-2H3. The van der Waals surface area contributed by atoms with Crippen LogP contribution in [0.3, 0.4) is 0 Å². The molecule has 1 aliphatic rings. The molecule has 1 heterocycles. The minimum absolute atomic E-state index is 0.0296. The van der Waals surface area contributed by atoms with Crippen molar-refractivity contribution in [2.24, 2.45) is 0 Å². The van der Waals surface area contributed by atoms with E-state index in [9.17, 15) is 0 Å². The fourth-order valence-corrected chi connectivity index (χ4v) is 3.35. The Kier molecular flexibility index (Phi) is 3.27. The van der Waals surface area contributed by atoms with E-state index in [0.29, 0.717) is 0 Å². The zero-order chi connectivity index (χ0) is 13.5. The van der Waals surface area contributed by atoms with Gasteiger partial charge in [-0.05, 0) is 61.3 Å². The van der Waals surface area contributed by atoms with Crippen LogP contribution >= 0.6 is 15.9 Å². The molecule has 1 N–H and O–H groups in total. The summed E-state index contributed by atoms with van der Waals surface area (Å²) in [7, 11) is 1.75. The predicted octanol–water partition coefficient (Wildman–Crippen LogP) is 4.21. The fourth-order valence-electron chi connectivity index (χ4n) is 2.97. The summed E-state index contributed by atoms with van der Waals surface area (Å²) in [5.41, 5.74) is 1.29. The Bertz CT molecular complexity index is 617. The molecule has 0 radical (unpaired) electrons. The van der Waals surface area contributed by atoms with Crippen LogP contribution in [0.25, 0.3) is 10.8 Å². The van der Waals surface area contributed by atoms with Crippen LogP contribution < -0.4 is 10.1 Å². The number of benzene rings is 2. The van der Waals surface area contributed by atoms with Gasteiger partial charge in [0.2, 0.25) is 0 Å². The van der Waals surface area contributed by atoms with Crippen molar-refractivity contribution in [1.82, 2.24) is 5.32 Å². The average Bonchev–Trinajstić information content (AvgIpc) is 2.85. The van der Waals surface area contributed by atoms with Gasteiger partial charge in [0.15, 0.2) is 0 Å². The topological polar surface area (TPSA) is 21.3 Å². The quantitative estimate of drug-likeness (QED) is 0.895. The lowest BCUT2D eigenvalue weighted by Gasteiger charge is -2.27. The number of methoxy groups -OCH3 is 1. The van der Waals surface area contributed by atoms with Crippen LogP contribution in [0.4, 0.5) is 0 Å². The molecule has 1 unspecified atom stereocenters. The number of halogens is 1. The number of nitrogens with one attached hydrogen (secondary N) is 1. The second kappa shape index (κ2) is 4.80. The molecule has 1 aliphatic heterocycles. The summed E-state index contributed by atoms with van der Waals surface area (Å²) < 4.78 is 6.72. The maximum absolute atomic E-state index is 5.61. The van der Waals surface area contributed by atoms with Crippen LogP contribution in [0, 0.1) is 0 Å². The molecule has 0 aliphatic carbocycles. The van der Waals surface area contributed by atoms with Gasteiger partial charge < -0.3 is 10.1 Å². The summed E-state index contributed by atoms with van der Waals surface area (Å²) in [5.74, 6) is 0.978. The molecule has 2 aromatic rings. The van der Waals surface area contributed by atoms with Crippen molar-refractivity contribution in [3.05, 3.63) is 40.4 Å². The zero-order valence-corrected chi connectivity index (χ0v) is 12.9. The van der Waals surface area contributed by atoms with Gasteiger partial charge in [0.25, 0.3) is 0 Å². The molecule has 0 bridgehead atoms. The first-order valence-electron chi connectivity index (χ1n) is 6.65. The Morgan fingerprint density at radius 3 is 2.74 bits per heavy atom. The number of hydrogen-bond acceptors (Lipinski definition) is 2. The number of hydrogen-bond donors (Lipinski definition) is 1. The van der Waals surface area contributed by atoms with E-state index in [4.69, 9.17) is 4.74 Å². The van der Waals surface area contributed by atoms with Gasteiger partial charge in [-0.3, -0.25) is 0 Å². The fraction of sp³-hybridized carbons (Fsp3) is 0.375. The molecule has 1 fully saturated rings. The van der Waals surface area contributed by atoms with Crippen LogP contribution in [-0.2, 0) is 5.54 Å². The third-order valence-electron chi connectivity index (χ3n) is 4.08. The van der Waals surface area contributed by atoms with E-state index in [1.165, 1.54) is 22.8 Å². The van der Waals surface area contributed by atoms with Crippen molar-refractivity contribution in [1.29, 1.82) is 0 Å². The minimum Gasteiger partial charge on any atom is -0.496 e. The summed E-state index contributed by atoms with van der Waals surface area (Å²) >= 11 is 3.54. The molecule has 3 rings (SSSR count). The Morgan fingerprint density at radius 2 is 2.05 bits per heavy atom. The molecule has 100 valence electrons. The molecule has 0 amide bonds. The maximum Gasteiger partial charge on any atom is 0.124 e. The third-order valence-corrected chi connectivity index (χ3v) is 4.58. The summed E-state index contributed by atoms with van der Waals surface area (Å²) in [6.45, 7) is 3.35. The molecule has 0 aromatic heterocycles. The molecular weight excluding hydrogens is 302 g/mol. The highest BCUT2D eigenvalue weighted by Gasteiger charge is 2.32. The lowest BCUT2D eigenvalue weighted by Crippen LogP contribution is -2.33. The van der Waals surface area contributed by atoms with E-state index >= 15 is 0 Å². The van der Waals surface area contributed by atoms with Gasteiger partial charge in [0.1, 0.15) is 5.75 Å². The van der Waals surface area contributed by atoms with Crippen LogP contribution in [-0.4, -0.2) is 13.7 Å². The second-order valence-corrected chi connectivity index (χ2v) is 6.32. The first-order valence-corrected chi connectivity index (χ1v) is 7.44. The Morgan fingerprint density at radius 1 is 1.21 bits per heavy atom. The maximum atomic E-state index is 5.61. The minimum atomic E-state index is 0.0296. The molecule has 1 saturated heterocycles. The molecule has 2 nitrogen and oxygen atoms in total. The Balaban J connectivity index is 2.21. The lowest BCUT2D eigenvalue weighted by molar-refractivity contribution is 0.372. The van der Waals surface area contributed by atoms with E-state index in [2.05, 4.69) is 58.5 Å². The molecule has 0 spiro atoms. The van der Waals surface area contributed by atoms with Gasteiger partial charge in [-0.15, -0.1) is 0 Å². The van der Waals surface area contributed by atoms with Gasteiger partial charge in [0.05, 0.1) is 7.11 Å². The summed E-state index contributed by atoms with van der Waals surface area (Å²) in [6, 6.07) is 10.8. The van der Waals surface area contributed by atoms with E-state index in [0.717, 1.165) is 23.2 Å². The average molecular weight is 320 g/mol. The molecule has 2 aromatic carbocycles. The number of fused-ring (bicyclic) bond motifs is 1. The van der Waals surface area contributed by atoms with Crippen molar-refractivity contribution < 1.29 is 4.74 Å². The Hall–Kier alpha value is -1.06. The first-order chi connectivity index (χ1) is 9.12. The molecule has 1 atom stereocenters. The summed E-state index contributed by atoms with van der Waals surface area (Å²) in [6.07, 6.45) is 2.37. The zero-order valence-electron chi connectivity index (χ0n) is 11.3. The predicted molar refractivity (Wildman–Crippen MR) is 82.8 cm³/mol. The number of ether oxygens (including phenoxy) is 1. The van der Waals surface area contributed by atoms with Crippen molar-refractivity contribution >= 4 is 26.7 Å². The molecule has 3 heteroatoms. The largest absolute Gasteiger partial charge is 0.496 e. The van der Waals surface area contributed by atoms with E-state index < -0.39 is 0 Å². The highest BCUT2D eigenvalue weighted by atomic mass is 79.9. The molecular formula is C16H18BrNO. The van der Waals surface area contributed by atoms with Gasteiger partial charge in [-0.25, -0.2) is 0 Å². The normalized spacial score (nSPS) is 22.9. The first kappa shape index (κ1) is 12.9. The second-order valence-electron chi connectivity index (χ2n) is 5.41. The molecule has 0 saturated carbocycles. The van der Waals surface area contributed by atoms with E-state index in [-0.39, 0.29) is 5.54 Å². The van der Waals surface area contributed by atoms with Crippen molar-refractivity contribution in [3.63, 3.8) is 0 Å². The summed E-state index contributed by atoms with van der Waals surface area (Å²) in [4.78, 5) is 0. The van der Waals surface area contributed by atoms with Gasteiger partial charge in [-0.2, -0.15) is 0 Å². The Labute approximate surface area is 122 Å². The van der Waals surface area contributed by atoms with Gasteiger partial charge in [0, 0.05) is 15.6 Å². The van der Waals surface area contributed by atoms with E-state index in [1.54, 1.807) is 7.11 Å². The van der Waals surface area contributed by atoms with Gasteiger partial charge in [-0.1, -0.05) is 22.0 Å². The van der Waals surface area contributed by atoms with Crippen LogP contribution in [0.2, 0.25) is 0 Å². The van der Waals surface area contributed by atoms with Crippen molar-refractivity contribution in [2.45, 2.75) is 25.3 Å².